The number of aliphatic hydroxyl groups is 1. The van der Waals surface area contributed by atoms with Gasteiger partial charge in [-0.15, -0.1) is 0 Å². The van der Waals surface area contributed by atoms with Gasteiger partial charge in [-0.2, -0.15) is 0 Å². The standard InChI is InChI=1S/C3H2N2.C2H5O.Ni/c1-2-5-3-4-1;1-2-3;/h1-2H;3H,1-2H2;/q;-1;. The molecule has 0 aliphatic carbocycles. The van der Waals surface area contributed by atoms with Crippen LogP contribution in [0.1, 0.15) is 0 Å². The van der Waals surface area contributed by atoms with Crippen LogP contribution < -0.4 is 0 Å². The van der Waals surface area contributed by atoms with Crippen LogP contribution in [0.4, 0.5) is 0 Å². The first kappa shape index (κ1) is 8.66. The zero-order chi connectivity index (χ0) is 7.11. The molecule has 1 N–H and O–H groups in total. The van der Waals surface area contributed by atoms with Crippen LogP contribution in [0.25, 0.3) is 0 Å². The number of aliphatic imine (C=N–C) groups is 2. The second-order valence-corrected chi connectivity index (χ2v) is 1.46. The molecule has 0 radical (unpaired) electrons. The average Bonchev–Trinajstić information content (AvgIpc) is 2.20. The molecule has 1 aliphatic rings. The molecule has 0 aromatic carbocycles. The summed E-state index contributed by atoms with van der Waals surface area (Å²) >= 11 is 4.26. The zero-order valence-electron chi connectivity index (χ0n) is 4.73. The first-order valence-electron chi connectivity index (χ1n) is 2.27. The van der Waals surface area contributed by atoms with E-state index in [1.54, 1.807) is 12.4 Å². The third-order valence-electron chi connectivity index (χ3n) is 0.413. The Hall–Kier alpha value is -0.336. The van der Waals surface area contributed by atoms with Gasteiger partial charge in [0.25, 0.3) is 0 Å². The molecule has 0 bridgehead atoms. The number of nitrogens with zero attached hydrogens (tertiary/aromatic N) is 2. The van der Waals surface area contributed by atoms with Crippen LogP contribution in [0.2, 0.25) is 0 Å². The molecule has 0 fully saturated rings. The van der Waals surface area contributed by atoms with E-state index in [2.05, 4.69) is 31.9 Å². The van der Waals surface area contributed by atoms with Crippen molar-refractivity contribution in [3.05, 3.63) is 6.92 Å². The van der Waals surface area contributed by atoms with Crippen molar-refractivity contribution in [2.75, 3.05) is 6.61 Å². The Morgan fingerprint density at radius 3 is 2.00 bits per heavy atom. The predicted octanol–water partition coefficient (Wildman–Crippen LogP) is -0.411. The van der Waals surface area contributed by atoms with Gasteiger partial charge in [-0.1, -0.05) is 6.61 Å². The van der Waals surface area contributed by atoms with Crippen LogP contribution in [0.15, 0.2) is 9.98 Å². The van der Waals surface area contributed by atoms with Crippen LogP contribution in [-0.2, 0) is 15.0 Å². The van der Waals surface area contributed by atoms with Crippen molar-refractivity contribution in [3.8, 4) is 0 Å². The van der Waals surface area contributed by atoms with E-state index < -0.39 is 0 Å². The maximum atomic E-state index is 7.46. The first-order valence-corrected chi connectivity index (χ1v) is 2.77. The molecule has 0 spiro atoms. The van der Waals surface area contributed by atoms with E-state index in [0.717, 1.165) is 0 Å². The van der Waals surface area contributed by atoms with E-state index in [0.29, 0.717) is 4.74 Å². The summed E-state index contributed by atoms with van der Waals surface area (Å²) < 4.78 is 0.468. The molecule has 0 unspecified atom stereocenters. The average molecular weight is 170 g/mol. The van der Waals surface area contributed by atoms with Crippen molar-refractivity contribution >= 4 is 17.2 Å². The first-order chi connectivity index (χ1) is 4.31. The third kappa shape index (κ3) is 5.54. The summed E-state index contributed by atoms with van der Waals surface area (Å²) in [6.07, 6.45) is 3.16. The summed E-state index contributed by atoms with van der Waals surface area (Å²) in [6.45, 7) is 3.04. The van der Waals surface area contributed by atoms with Crippen molar-refractivity contribution in [2.24, 2.45) is 9.98 Å². The van der Waals surface area contributed by atoms with Gasteiger partial charge in [0.1, 0.15) is 0 Å². The molecule has 1 aliphatic heterocycles. The summed E-state index contributed by atoms with van der Waals surface area (Å²) in [6, 6.07) is 0. The van der Waals surface area contributed by atoms with Crippen molar-refractivity contribution in [3.63, 3.8) is 0 Å². The topological polar surface area (TPSA) is 45.0 Å². The van der Waals surface area contributed by atoms with Gasteiger partial charge in [0.05, 0.1) is 0 Å². The molecule has 0 aromatic heterocycles. The molecule has 0 saturated carbocycles. The van der Waals surface area contributed by atoms with Crippen molar-refractivity contribution in [2.45, 2.75) is 0 Å². The van der Waals surface area contributed by atoms with Crippen LogP contribution in [0.3, 0.4) is 0 Å². The summed E-state index contributed by atoms with van der Waals surface area (Å²) in [5, 5.41) is 7.46. The summed E-state index contributed by atoms with van der Waals surface area (Å²) in [4.78, 5) is 7.28. The van der Waals surface area contributed by atoms with Crippen molar-refractivity contribution in [1.29, 1.82) is 0 Å². The van der Waals surface area contributed by atoms with E-state index in [9.17, 15) is 0 Å². The second kappa shape index (κ2) is 5.79. The molecule has 0 amide bonds. The van der Waals surface area contributed by atoms with Gasteiger partial charge in [-0.3, -0.25) is 0 Å². The Bertz CT molecular complexity index is 128. The molecule has 0 atom stereocenters. The minimum absolute atomic E-state index is 0. The number of hydrogen-bond acceptors (Lipinski definition) is 3. The molecule has 3 nitrogen and oxygen atoms in total. The fraction of sp³-hybridized carbons (Fsp3) is 0.200. The number of hydrogen-bond donors (Lipinski definition) is 1. The Kier molecular flexibility index (Phi) is 5.58. The SMILES string of the molecule is [CH2-]CO.[Ni]=[C]1N=CC=N1. The van der Waals surface area contributed by atoms with Gasteiger partial charge in [-0.25, -0.2) is 0 Å². The van der Waals surface area contributed by atoms with Crippen molar-refractivity contribution < 1.29 is 20.1 Å². The van der Waals surface area contributed by atoms with Gasteiger partial charge in [-0.05, 0) is 0 Å². The van der Waals surface area contributed by atoms with Crippen LogP contribution >= 0.6 is 0 Å². The molecule has 4 heteroatoms. The van der Waals surface area contributed by atoms with Crippen LogP contribution in [-0.4, -0.2) is 28.9 Å². The predicted molar refractivity (Wildman–Crippen MR) is 34.4 cm³/mol. The van der Waals surface area contributed by atoms with Gasteiger partial charge < -0.3 is 12.0 Å². The van der Waals surface area contributed by atoms with Crippen molar-refractivity contribution in [1.82, 2.24) is 0 Å². The molecule has 0 aromatic rings. The van der Waals surface area contributed by atoms with Crippen LogP contribution in [0.5, 0.6) is 0 Å². The van der Waals surface area contributed by atoms with Gasteiger partial charge in [0, 0.05) is 0 Å². The maximum absolute atomic E-state index is 7.46. The summed E-state index contributed by atoms with van der Waals surface area (Å²) in [5.41, 5.74) is 0. The molecule has 1 heterocycles. The summed E-state index contributed by atoms with van der Waals surface area (Å²) in [7, 11) is 0. The van der Waals surface area contributed by atoms with Gasteiger partial charge in [0.2, 0.25) is 0 Å². The number of rotatable bonds is 0. The Labute approximate surface area is 61.4 Å². The molecule has 54 valence electrons. The minimum atomic E-state index is 0. The fourth-order valence-corrected chi connectivity index (χ4v) is 0.361. The number of aliphatic hydroxyl groups excluding tert-OH is 1. The molecular formula is C5H7N2NiO-. The van der Waals surface area contributed by atoms with Gasteiger partial charge in [0.15, 0.2) is 0 Å². The Morgan fingerprint density at radius 1 is 1.56 bits per heavy atom. The van der Waals surface area contributed by atoms with E-state index in [1.165, 1.54) is 0 Å². The molecule has 0 saturated heterocycles. The van der Waals surface area contributed by atoms with E-state index >= 15 is 0 Å². The normalized spacial score (nSPS) is 13.6. The Morgan fingerprint density at radius 2 is 1.89 bits per heavy atom. The molecular weight excluding hydrogens is 163 g/mol. The molecule has 9 heavy (non-hydrogen) atoms. The van der Waals surface area contributed by atoms with E-state index in [1.807, 2.05) is 0 Å². The van der Waals surface area contributed by atoms with E-state index in [4.69, 9.17) is 5.11 Å². The van der Waals surface area contributed by atoms with Crippen LogP contribution in [0, 0.1) is 6.92 Å². The zero-order valence-corrected chi connectivity index (χ0v) is 5.71. The van der Waals surface area contributed by atoms with Gasteiger partial charge >= 0.3 is 42.2 Å². The molecule has 1 rings (SSSR count). The fourth-order valence-electron chi connectivity index (χ4n) is 0.214. The Balaban J connectivity index is 0.000000187. The second-order valence-electron chi connectivity index (χ2n) is 1.02. The quantitative estimate of drug-likeness (QED) is 0.389. The third-order valence-corrected chi connectivity index (χ3v) is 0.668. The monoisotopic (exact) mass is 169 g/mol. The van der Waals surface area contributed by atoms with E-state index in [-0.39, 0.29) is 6.61 Å². The summed E-state index contributed by atoms with van der Waals surface area (Å²) in [5.74, 6) is 0.